The minimum atomic E-state index is -0.378. The third kappa shape index (κ3) is 9.36. The average molecular weight is 638 g/mol. The smallest absolute Gasteiger partial charge is 0.227 e. The van der Waals surface area contributed by atoms with Crippen molar-refractivity contribution >= 4 is 67.7 Å². The summed E-state index contributed by atoms with van der Waals surface area (Å²) in [5, 5.41) is 8.81. The van der Waals surface area contributed by atoms with E-state index in [9.17, 15) is 14.4 Å². The molecule has 10 nitrogen and oxygen atoms in total. The summed E-state index contributed by atoms with van der Waals surface area (Å²) in [6, 6.07) is 12.3. The predicted octanol–water partition coefficient (Wildman–Crippen LogP) is 5.53. The van der Waals surface area contributed by atoms with Gasteiger partial charge in [-0.3, -0.25) is 14.4 Å². The van der Waals surface area contributed by atoms with Gasteiger partial charge >= 0.3 is 0 Å². The number of allylic oxidation sites excluding steroid dienone is 2. The number of benzene rings is 2. The number of rotatable bonds is 17. The maximum Gasteiger partial charge on any atom is 0.227 e. The molecule has 0 fully saturated rings. The lowest BCUT2D eigenvalue weighted by molar-refractivity contribution is -0.126. The molecule has 0 saturated carbocycles. The van der Waals surface area contributed by atoms with Gasteiger partial charge in [0.2, 0.25) is 12.3 Å². The van der Waals surface area contributed by atoms with Gasteiger partial charge in [-0.25, -0.2) is 9.97 Å². The van der Waals surface area contributed by atoms with Crippen molar-refractivity contribution in [1.29, 1.82) is 0 Å². The number of ketones is 1. The predicted molar refractivity (Wildman–Crippen MR) is 184 cm³/mol. The van der Waals surface area contributed by atoms with E-state index in [1.807, 2.05) is 32.3 Å². The van der Waals surface area contributed by atoms with E-state index in [1.165, 1.54) is 15.7 Å². The molecule has 0 spiro atoms. The van der Waals surface area contributed by atoms with E-state index >= 15 is 0 Å². The topological polar surface area (TPSA) is 134 Å². The SMILES string of the molecule is CCC(CC)SSC(C(=O)CC(=O)NCCNc1cccc2c(N(C)C)cccc12)=C(C)N(C=O)Cc1cnc(C)nc1N. The van der Waals surface area contributed by atoms with Gasteiger partial charge in [0.05, 0.1) is 17.9 Å². The Hall–Kier alpha value is -3.77. The van der Waals surface area contributed by atoms with Crippen molar-refractivity contribution in [2.75, 3.05) is 43.1 Å². The first kappa shape index (κ1) is 34.7. The maximum atomic E-state index is 13.5. The Morgan fingerprint density at radius 3 is 2.43 bits per heavy atom. The van der Waals surface area contributed by atoms with E-state index < -0.39 is 0 Å². The van der Waals surface area contributed by atoms with Crippen LogP contribution in [0.3, 0.4) is 0 Å². The number of carbonyl (C=O) groups excluding carboxylic acids is 3. The number of nitrogens with two attached hydrogens (primary N) is 1. The summed E-state index contributed by atoms with van der Waals surface area (Å²) in [5.74, 6) is 0.0817. The highest BCUT2D eigenvalue weighted by molar-refractivity contribution is 8.78. The Morgan fingerprint density at radius 2 is 1.77 bits per heavy atom. The van der Waals surface area contributed by atoms with Crippen LogP contribution in [-0.4, -0.2) is 65.4 Å². The van der Waals surface area contributed by atoms with Crippen molar-refractivity contribution < 1.29 is 14.4 Å². The first-order valence-electron chi connectivity index (χ1n) is 14.7. The van der Waals surface area contributed by atoms with Crippen molar-refractivity contribution in [3.05, 3.63) is 64.6 Å². The van der Waals surface area contributed by atoms with Crippen LogP contribution in [0.4, 0.5) is 17.2 Å². The lowest BCUT2D eigenvalue weighted by atomic mass is 10.1. The van der Waals surface area contributed by atoms with Gasteiger partial charge in [-0.2, -0.15) is 0 Å². The van der Waals surface area contributed by atoms with Crippen LogP contribution < -0.4 is 21.3 Å². The number of fused-ring (bicyclic) bond motifs is 1. The fourth-order valence-electron chi connectivity index (χ4n) is 4.56. The number of hydrogen-bond acceptors (Lipinski definition) is 10. The Kier molecular flexibility index (Phi) is 13.3. The van der Waals surface area contributed by atoms with Gasteiger partial charge in [0, 0.05) is 72.0 Å². The maximum absolute atomic E-state index is 13.5. The summed E-state index contributed by atoms with van der Waals surface area (Å²) in [6.45, 7) is 8.58. The molecule has 0 aliphatic rings. The van der Waals surface area contributed by atoms with Gasteiger partial charge in [-0.15, -0.1) is 0 Å². The van der Waals surface area contributed by atoms with Crippen LogP contribution >= 0.6 is 21.6 Å². The van der Waals surface area contributed by atoms with E-state index in [0.717, 1.165) is 35.0 Å². The highest BCUT2D eigenvalue weighted by Crippen LogP contribution is 2.39. The molecule has 2 aromatic carbocycles. The van der Waals surface area contributed by atoms with E-state index in [4.69, 9.17) is 5.73 Å². The fourth-order valence-corrected chi connectivity index (χ4v) is 7.62. The molecule has 0 bridgehead atoms. The molecule has 0 saturated heterocycles. The molecule has 0 radical (unpaired) electrons. The second kappa shape index (κ2) is 16.9. The highest BCUT2D eigenvalue weighted by Gasteiger charge is 2.23. The third-order valence-electron chi connectivity index (χ3n) is 7.14. The zero-order valence-corrected chi connectivity index (χ0v) is 28.0. The molecule has 1 heterocycles. The highest BCUT2D eigenvalue weighted by atomic mass is 33.1. The van der Waals surface area contributed by atoms with Crippen molar-refractivity contribution in [3.63, 3.8) is 0 Å². The number of aryl methyl sites for hydroxylation is 1. The number of Topliss-reactive ketones (excluding diaryl/α,β-unsaturated/α-hetero) is 1. The van der Waals surface area contributed by atoms with Crippen molar-refractivity contribution in [2.45, 2.75) is 58.8 Å². The number of nitrogens with one attached hydrogen (secondary N) is 2. The Labute approximate surface area is 268 Å². The monoisotopic (exact) mass is 637 g/mol. The van der Waals surface area contributed by atoms with Crippen LogP contribution in [0, 0.1) is 6.92 Å². The molecule has 1 aromatic heterocycles. The van der Waals surface area contributed by atoms with Crippen molar-refractivity contribution in [1.82, 2.24) is 20.2 Å². The molecule has 0 atom stereocenters. The van der Waals surface area contributed by atoms with E-state index in [2.05, 4.69) is 57.5 Å². The van der Waals surface area contributed by atoms with Crippen molar-refractivity contribution in [3.8, 4) is 0 Å². The number of carbonyl (C=O) groups is 3. The largest absolute Gasteiger partial charge is 0.383 e. The molecule has 0 aliphatic carbocycles. The second-order valence-electron chi connectivity index (χ2n) is 10.5. The van der Waals surface area contributed by atoms with Crippen LogP contribution in [0.15, 0.2) is 53.2 Å². The molecule has 4 N–H and O–H groups in total. The normalized spacial score (nSPS) is 11.7. The zero-order valence-electron chi connectivity index (χ0n) is 26.3. The number of aromatic nitrogens is 2. The first-order chi connectivity index (χ1) is 21.1. The number of amides is 2. The van der Waals surface area contributed by atoms with Gasteiger partial charge in [0.15, 0.2) is 5.78 Å². The third-order valence-corrected chi connectivity index (χ3v) is 10.5. The molecule has 12 heteroatoms. The molecular weight excluding hydrogens is 595 g/mol. The minimum absolute atomic E-state index is 0.108. The first-order valence-corrected chi connectivity index (χ1v) is 16.9. The Bertz CT molecular complexity index is 1490. The van der Waals surface area contributed by atoms with Crippen LogP contribution in [0.1, 0.15) is 51.4 Å². The van der Waals surface area contributed by atoms with Crippen LogP contribution in [0.25, 0.3) is 10.8 Å². The van der Waals surface area contributed by atoms with Gasteiger partial charge in [-0.1, -0.05) is 59.7 Å². The molecule has 3 rings (SSSR count). The number of nitrogens with zero attached hydrogens (tertiary/aromatic N) is 4. The van der Waals surface area contributed by atoms with Gasteiger partial charge < -0.3 is 26.2 Å². The minimum Gasteiger partial charge on any atom is -0.383 e. The number of anilines is 3. The Morgan fingerprint density at radius 1 is 1.07 bits per heavy atom. The number of hydrogen-bond donors (Lipinski definition) is 3. The fraction of sp³-hybridized carbons (Fsp3) is 0.406. The molecule has 3 aromatic rings. The summed E-state index contributed by atoms with van der Waals surface area (Å²) in [6.07, 6.45) is 3.78. The van der Waals surface area contributed by atoms with Gasteiger partial charge in [0.25, 0.3) is 0 Å². The summed E-state index contributed by atoms with van der Waals surface area (Å²) in [4.78, 5) is 50.7. The van der Waals surface area contributed by atoms with E-state index in [0.29, 0.717) is 46.7 Å². The van der Waals surface area contributed by atoms with Gasteiger partial charge in [0.1, 0.15) is 11.6 Å². The molecule has 0 aliphatic heterocycles. The van der Waals surface area contributed by atoms with Crippen LogP contribution in [-0.2, 0) is 20.9 Å². The summed E-state index contributed by atoms with van der Waals surface area (Å²) >= 11 is 0. The number of nitrogen functional groups attached to an aromatic ring is 1. The average Bonchev–Trinajstić information content (AvgIpc) is 3.00. The molecular formula is C32H43N7O3S2. The van der Waals surface area contributed by atoms with Crippen LogP contribution in [0.2, 0.25) is 0 Å². The molecule has 236 valence electrons. The molecule has 44 heavy (non-hydrogen) atoms. The van der Waals surface area contributed by atoms with Crippen LogP contribution in [0.5, 0.6) is 0 Å². The lowest BCUT2D eigenvalue weighted by Crippen LogP contribution is -2.31. The van der Waals surface area contributed by atoms with E-state index in [-0.39, 0.29) is 30.5 Å². The quantitative estimate of drug-likeness (QED) is 0.0570. The molecule has 2 amide bonds. The standard InChI is InChI=1S/C32H43N7O3S2/c1-7-24(8-2)43-44-31(21(3)39(20-40)19-23-18-36-22(4)37-32(23)33)29(41)17-30(42)35-16-15-34-27-13-9-12-26-25(27)11-10-14-28(26)38(5)6/h9-14,18,20,24,34H,7-8,15-17,19H2,1-6H3,(H,35,42)(H2,33,36,37). The Balaban J connectivity index is 1.68. The second-order valence-corrected chi connectivity index (χ2v) is 13.1. The lowest BCUT2D eigenvalue weighted by Gasteiger charge is -2.22. The van der Waals surface area contributed by atoms with Crippen molar-refractivity contribution in [2.24, 2.45) is 0 Å². The van der Waals surface area contributed by atoms with E-state index in [1.54, 1.807) is 30.8 Å². The summed E-state index contributed by atoms with van der Waals surface area (Å²) in [5.41, 5.74) is 9.18. The summed E-state index contributed by atoms with van der Waals surface area (Å²) < 4.78 is 0. The zero-order chi connectivity index (χ0) is 32.2. The van der Waals surface area contributed by atoms with Gasteiger partial charge in [-0.05, 0) is 38.8 Å². The molecule has 0 unspecified atom stereocenters. The summed E-state index contributed by atoms with van der Waals surface area (Å²) in [7, 11) is 6.92.